The monoisotopic (exact) mass is 281 g/mol. The van der Waals surface area contributed by atoms with Gasteiger partial charge in [-0.15, -0.1) is 10.2 Å². The summed E-state index contributed by atoms with van der Waals surface area (Å²) in [5.41, 5.74) is 0.529. The average molecular weight is 282 g/mol. The van der Waals surface area contributed by atoms with Crippen LogP contribution in [0.15, 0.2) is 22.9 Å². The molecule has 2 aromatic heterocycles. The van der Waals surface area contributed by atoms with Crippen LogP contribution in [-0.2, 0) is 13.5 Å². The highest BCUT2D eigenvalue weighted by atomic mass is 79.9. The summed E-state index contributed by atoms with van der Waals surface area (Å²) >= 11 is 3.26. The van der Waals surface area contributed by atoms with Crippen LogP contribution < -0.4 is 0 Å². The molecule has 0 atom stereocenters. The summed E-state index contributed by atoms with van der Waals surface area (Å²) in [4.78, 5) is 17.0. The molecule has 0 saturated heterocycles. The van der Waals surface area contributed by atoms with Crippen molar-refractivity contribution >= 4 is 21.7 Å². The zero-order valence-corrected chi connectivity index (χ0v) is 10.0. The predicted octanol–water partition coefficient (Wildman–Crippen LogP) is 0.793. The number of carbonyl (C=O) groups excluding carboxylic acids is 1. The van der Waals surface area contributed by atoms with E-state index in [1.165, 1.54) is 11.0 Å². The molecule has 82 valence electrons. The minimum atomic E-state index is -0.0817. The Kier molecular flexibility index (Phi) is 3.04. The van der Waals surface area contributed by atoms with Gasteiger partial charge in [-0.3, -0.25) is 9.78 Å². The highest BCUT2D eigenvalue weighted by molar-refractivity contribution is 9.10. The summed E-state index contributed by atoms with van der Waals surface area (Å²) in [6, 6.07) is 1.71. The first-order chi connectivity index (χ1) is 7.65. The lowest BCUT2D eigenvalue weighted by Gasteiger charge is -1.97. The first-order valence-electron chi connectivity index (χ1n) is 4.52. The van der Waals surface area contributed by atoms with E-state index in [0.717, 1.165) is 4.47 Å². The molecule has 0 aliphatic carbocycles. The van der Waals surface area contributed by atoms with Crippen molar-refractivity contribution < 1.29 is 4.79 Å². The van der Waals surface area contributed by atoms with Crippen LogP contribution in [0.1, 0.15) is 16.2 Å². The number of tetrazole rings is 1. The third kappa shape index (κ3) is 2.48. The molecule has 6 nitrogen and oxygen atoms in total. The lowest BCUT2D eigenvalue weighted by atomic mass is 10.1. The fourth-order valence-corrected chi connectivity index (χ4v) is 1.57. The molecule has 7 heteroatoms. The first-order valence-corrected chi connectivity index (χ1v) is 5.31. The summed E-state index contributed by atoms with van der Waals surface area (Å²) in [5, 5.41) is 11.4. The van der Waals surface area contributed by atoms with E-state index < -0.39 is 0 Å². The molecule has 0 spiro atoms. The molecule has 0 bridgehead atoms. The van der Waals surface area contributed by atoms with Crippen LogP contribution in [0.4, 0.5) is 0 Å². The van der Waals surface area contributed by atoms with E-state index in [-0.39, 0.29) is 12.2 Å². The number of rotatable bonds is 3. The van der Waals surface area contributed by atoms with Crippen molar-refractivity contribution in [3.8, 4) is 0 Å². The van der Waals surface area contributed by atoms with Gasteiger partial charge in [-0.1, -0.05) is 0 Å². The minimum absolute atomic E-state index is 0.0817. The lowest BCUT2D eigenvalue weighted by Crippen LogP contribution is -2.06. The minimum Gasteiger partial charge on any atom is -0.294 e. The fraction of sp³-hybridized carbons (Fsp3) is 0.222. The number of hydrogen-bond donors (Lipinski definition) is 0. The Morgan fingerprint density at radius 1 is 1.50 bits per heavy atom. The molecular weight excluding hydrogens is 274 g/mol. The number of carbonyl (C=O) groups is 1. The predicted molar refractivity (Wildman–Crippen MR) is 58.8 cm³/mol. The zero-order valence-electron chi connectivity index (χ0n) is 8.46. The highest BCUT2D eigenvalue weighted by Crippen LogP contribution is 2.11. The summed E-state index contributed by atoms with van der Waals surface area (Å²) < 4.78 is 0.769. The average Bonchev–Trinajstić information content (AvgIpc) is 2.64. The Morgan fingerprint density at radius 3 is 2.94 bits per heavy atom. The second-order valence-electron chi connectivity index (χ2n) is 3.19. The molecule has 0 fully saturated rings. The van der Waals surface area contributed by atoms with Gasteiger partial charge in [0, 0.05) is 22.4 Å². The second kappa shape index (κ2) is 4.48. The van der Waals surface area contributed by atoms with Crippen molar-refractivity contribution in [3.63, 3.8) is 0 Å². The number of aromatic nitrogens is 5. The number of aryl methyl sites for hydroxylation is 1. The molecule has 0 amide bonds. The molecule has 16 heavy (non-hydrogen) atoms. The standard InChI is InChI=1S/C9H8BrN5O/c1-15-13-9(12-14-15)3-8(16)6-2-7(10)5-11-4-6/h2,4-5H,3H2,1H3. The van der Waals surface area contributed by atoms with E-state index in [0.29, 0.717) is 11.4 Å². The summed E-state index contributed by atoms with van der Waals surface area (Å²) in [7, 11) is 1.65. The number of halogens is 1. The Labute approximate surface area is 99.8 Å². The van der Waals surface area contributed by atoms with E-state index in [9.17, 15) is 4.79 Å². The van der Waals surface area contributed by atoms with Crippen molar-refractivity contribution in [1.82, 2.24) is 25.2 Å². The number of Topliss-reactive ketones (excluding diaryl/α,β-unsaturated/α-hetero) is 1. The smallest absolute Gasteiger partial charge is 0.182 e. The van der Waals surface area contributed by atoms with Gasteiger partial charge in [-0.05, 0) is 27.2 Å². The lowest BCUT2D eigenvalue weighted by molar-refractivity contribution is 0.0990. The van der Waals surface area contributed by atoms with Gasteiger partial charge in [0.15, 0.2) is 11.6 Å². The van der Waals surface area contributed by atoms with Gasteiger partial charge in [-0.25, -0.2) is 0 Å². The van der Waals surface area contributed by atoms with Crippen LogP contribution in [0.2, 0.25) is 0 Å². The van der Waals surface area contributed by atoms with E-state index in [1.807, 2.05) is 0 Å². The van der Waals surface area contributed by atoms with E-state index in [1.54, 1.807) is 19.3 Å². The summed E-state index contributed by atoms with van der Waals surface area (Å²) in [6.07, 6.45) is 3.27. The Bertz CT molecular complexity index is 524. The first kappa shape index (κ1) is 10.9. The van der Waals surface area contributed by atoms with Crippen LogP contribution >= 0.6 is 15.9 Å². The number of ketones is 1. The van der Waals surface area contributed by atoms with Gasteiger partial charge in [0.2, 0.25) is 0 Å². The molecule has 0 aliphatic rings. The molecule has 0 saturated carbocycles. The van der Waals surface area contributed by atoms with Crippen molar-refractivity contribution in [2.75, 3.05) is 0 Å². The maximum atomic E-state index is 11.8. The van der Waals surface area contributed by atoms with Crippen molar-refractivity contribution in [3.05, 3.63) is 34.3 Å². The summed E-state index contributed by atoms with van der Waals surface area (Å²) in [5.74, 6) is 0.328. The van der Waals surface area contributed by atoms with Crippen LogP contribution in [0.3, 0.4) is 0 Å². The van der Waals surface area contributed by atoms with Crippen LogP contribution in [0.25, 0.3) is 0 Å². The Morgan fingerprint density at radius 2 is 2.31 bits per heavy atom. The van der Waals surface area contributed by atoms with Crippen molar-refractivity contribution in [2.45, 2.75) is 6.42 Å². The molecule has 0 N–H and O–H groups in total. The molecule has 2 heterocycles. The quantitative estimate of drug-likeness (QED) is 0.778. The number of pyridine rings is 1. The van der Waals surface area contributed by atoms with Crippen LogP contribution in [-0.4, -0.2) is 31.0 Å². The van der Waals surface area contributed by atoms with E-state index in [2.05, 4.69) is 36.3 Å². The van der Waals surface area contributed by atoms with Crippen molar-refractivity contribution in [1.29, 1.82) is 0 Å². The molecule has 0 aliphatic heterocycles. The van der Waals surface area contributed by atoms with Gasteiger partial charge in [0.05, 0.1) is 13.5 Å². The Balaban J connectivity index is 2.14. The van der Waals surface area contributed by atoms with Gasteiger partial charge < -0.3 is 0 Å². The van der Waals surface area contributed by atoms with Crippen molar-refractivity contribution in [2.24, 2.45) is 7.05 Å². The largest absolute Gasteiger partial charge is 0.294 e. The third-order valence-corrected chi connectivity index (χ3v) is 2.33. The molecule has 2 rings (SSSR count). The molecule has 2 aromatic rings. The second-order valence-corrected chi connectivity index (χ2v) is 4.10. The summed E-state index contributed by atoms with van der Waals surface area (Å²) in [6.45, 7) is 0. The highest BCUT2D eigenvalue weighted by Gasteiger charge is 2.11. The maximum absolute atomic E-state index is 11.8. The van der Waals surface area contributed by atoms with E-state index in [4.69, 9.17) is 0 Å². The van der Waals surface area contributed by atoms with Gasteiger partial charge in [0.25, 0.3) is 0 Å². The van der Waals surface area contributed by atoms with Gasteiger partial charge >= 0.3 is 0 Å². The topological polar surface area (TPSA) is 73.6 Å². The fourth-order valence-electron chi connectivity index (χ4n) is 1.20. The van der Waals surface area contributed by atoms with Crippen LogP contribution in [0, 0.1) is 0 Å². The SMILES string of the molecule is Cn1nnc(CC(=O)c2cncc(Br)c2)n1. The molecule has 0 aromatic carbocycles. The molecular formula is C9H8BrN5O. The molecule has 0 radical (unpaired) electrons. The Hall–Kier alpha value is -1.63. The van der Waals surface area contributed by atoms with Gasteiger partial charge in [0.1, 0.15) is 0 Å². The maximum Gasteiger partial charge on any atom is 0.182 e. The van der Waals surface area contributed by atoms with Crippen LogP contribution in [0.5, 0.6) is 0 Å². The van der Waals surface area contributed by atoms with Gasteiger partial charge in [-0.2, -0.15) is 4.80 Å². The molecule has 0 unspecified atom stereocenters. The third-order valence-electron chi connectivity index (χ3n) is 1.90. The normalized spacial score (nSPS) is 10.4. The zero-order chi connectivity index (χ0) is 11.5. The van der Waals surface area contributed by atoms with E-state index >= 15 is 0 Å². The number of nitrogens with zero attached hydrogens (tertiary/aromatic N) is 5. The number of hydrogen-bond acceptors (Lipinski definition) is 5.